The number of hydrogen-bond donors (Lipinski definition) is 0. The van der Waals surface area contributed by atoms with Crippen molar-refractivity contribution in [3.05, 3.63) is 17.7 Å². The van der Waals surface area contributed by atoms with E-state index in [0.29, 0.717) is 29.2 Å². The van der Waals surface area contributed by atoms with Crippen LogP contribution >= 0.6 is 0 Å². The zero-order chi connectivity index (χ0) is 12.1. The van der Waals surface area contributed by atoms with Crippen molar-refractivity contribution >= 4 is 5.78 Å². The molecule has 0 unspecified atom stereocenters. The second kappa shape index (κ2) is 5.39. The molecular formula is C12H16O4. The van der Waals surface area contributed by atoms with Gasteiger partial charge in [0.1, 0.15) is 22.8 Å². The Balaban J connectivity index is 3.37. The van der Waals surface area contributed by atoms with E-state index in [4.69, 9.17) is 14.2 Å². The largest absolute Gasteiger partial charge is 0.496 e. The van der Waals surface area contributed by atoms with Crippen molar-refractivity contribution in [2.45, 2.75) is 13.3 Å². The van der Waals surface area contributed by atoms with E-state index in [9.17, 15) is 4.79 Å². The third kappa shape index (κ3) is 2.27. The summed E-state index contributed by atoms with van der Waals surface area (Å²) in [5.74, 6) is 1.53. The van der Waals surface area contributed by atoms with Crippen LogP contribution in [0.4, 0.5) is 0 Å². The minimum Gasteiger partial charge on any atom is -0.496 e. The molecule has 0 atom stereocenters. The highest BCUT2D eigenvalue weighted by molar-refractivity contribution is 6.01. The Morgan fingerprint density at radius 2 is 1.56 bits per heavy atom. The minimum absolute atomic E-state index is 0.0173. The van der Waals surface area contributed by atoms with Crippen LogP contribution < -0.4 is 14.2 Å². The minimum atomic E-state index is -0.0173. The number of benzene rings is 1. The van der Waals surface area contributed by atoms with Crippen molar-refractivity contribution in [1.29, 1.82) is 0 Å². The van der Waals surface area contributed by atoms with Gasteiger partial charge in [0, 0.05) is 18.6 Å². The van der Waals surface area contributed by atoms with Gasteiger partial charge in [-0.15, -0.1) is 0 Å². The van der Waals surface area contributed by atoms with Gasteiger partial charge in [-0.1, -0.05) is 6.92 Å². The maximum atomic E-state index is 11.8. The zero-order valence-corrected chi connectivity index (χ0v) is 9.99. The number of methoxy groups -OCH3 is 3. The number of ether oxygens (including phenoxy) is 3. The van der Waals surface area contributed by atoms with Crippen LogP contribution in [0.25, 0.3) is 0 Å². The van der Waals surface area contributed by atoms with Crippen molar-refractivity contribution in [2.24, 2.45) is 0 Å². The van der Waals surface area contributed by atoms with Gasteiger partial charge in [0.15, 0.2) is 5.78 Å². The van der Waals surface area contributed by atoms with Crippen molar-refractivity contribution in [2.75, 3.05) is 21.3 Å². The van der Waals surface area contributed by atoms with E-state index in [1.165, 1.54) is 14.2 Å². The fourth-order valence-corrected chi connectivity index (χ4v) is 1.46. The number of rotatable bonds is 5. The van der Waals surface area contributed by atoms with E-state index >= 15 is 0 Å². The first-order chi connectivity index (χ1) is 7.67. The van der Waals surface area contributed by atoms with Crippen molar-refractivity contribution in [3.8, 4) is 17.2 Å². The topological polar surface area (TPSA) is 44.8 Å². The summed E-state index contributed by atoms with van der Waals surface area (Å²) in [7, 11) is 4.58. The summed E-state index contributed by atoms with van der Waals surface area (Å²) in [5, 5.41) is 0. The molecule has 0 aliphatic heterocycles. The summed E-state index contributed by atoms with van der Waals surface area (Å²) in [5.41, 5.74) is 0.466. The molecule has 0 saturated heterocycles. The smallest absolute Gasteiger partial charge is 0.170 e. The standard InChI is InChI=1S/C12H16O4/c1-5-9(13)12-10(15-3)6-8(14-2)7-11(12)16-4/h6-7H,5H2,1-4H3. The summed E-state index contributed by atoms with van der Waals surface area (Å²) in [6, 6.07) is 3.34. The van der Waals surface area contributed by atoms with E-state index in [-0.39, 0.29) is 5.78 Å². The van der Waals surface area contributed by atoms with Crippen molar-refractivity contribution in [3.63, 3.8) is 0 Å². The molecule has 1 aromatic rings. The highest BCUT2D eigenvalue weighted by Crippen LogP contribution is 2.34. The summed E-state index contributed by atoms with van der Waals surface area (Å²) in [4.78, 5) is 11.8. The predicted octanol–water partition coefficient (Wildman–Crippen LogP) is 2.31. The van der Waals surface area contributed by atoms with Crippen LogP contribution in [-0.4, -0.2) is 27.1 Å². The second-order valence-electron chi connectivity index (χ2n) is 3.18. The Morgan fingerprint density at radius 1 is 1.06 bits per heavy atom. The Kier molecular flexibility index (Phi) is 4.17. The van der Waals surface area contributed by atoms with E-state index in [1.807, 2.05) is 0 Å². The SMILES string of the molecule is CCC(=O)c1c(OC)cc(OC)cc1OC. The Morgan fingerprint density at radius 3 is 1.88 bits per heavy atom. The highest BCUT2D eigenvalue weighted by atomic mass is 16.5. The molecule has 4 heteroatoms. The molecular weight excluding hydrogens is 208 g/mol. The molecule has 0 aliphatic rings. The quantitative estimate of drug-likeness (QED) is 0.720. The predicted molar refractivity (Wildman–Crippen MR) is 60.7 cm³/mol. The molecule has 0 aliphatic carbocycles. The number of carbonyl (C=O) groups is 1. The fourth-order valence-electron chi connectivity index (χ4n) is 1.46. The molecule has 0 N–H and O–H groups in total. The summed E-state index contributed by atoms with van der Waals surface area (Å²) in [6.45, 7) is 1.80. The van der Waals surface area contributed by atoms with E-state index in [0.717, 1.165) is 0 Å². The van der Waals surface area contributed by atoms with Gasteiger partial charge in [-0.25, -0.2) is 0 Å². The van der Waals surface area contributed by atoms with E-state index in [2.05, 4.69) is 0 Å². The van der Waals surface area contributed by atoms with Crippen LogP contribution in [0.3, 0.4) is 0 Å². The number of ketones is 1. The lowest BCUT2D eigenvalue weighted by molar-refractivity contribution is 0.0982. The zero-order valence-electron chi connectivity index (χ0n) is 9.99. The summed E-state index contributed by atoms with van der Waals surface area (Å²) in [6.07, 6.45) is 0.402. The number of Topliss-reactive ketones (excluding diaryl/α,β-unsaturated/α-hetero) is 1. The highest BCUT2D eigenvalue weighted by Gasteiger charge is 2.18. The van der Waals surface area contributed by atoms with Gasteiger partial charge >= 0.3 is 0 Å². The molecule has 1 rings (SSSR count). The normalized spacial score (nSPS) is 9.75. The lowest BCUT2D eigenvalue weighted by Crippen LogP contribution is -2.04. The fraction of sp³-hybridized carbons (Fsp3) is 0.417. The van der Waals surface area contributed by atoms with Gasteiger partial charge in [0.05, 0.1) is 21.3 Å². The lowest BCUT2D eigenvalue weighted by atomic mass is 10.1. The average Bonchev–Trinajstić information content (AvgIpc) is 2.35. The Hall–Kier alpha value is -1.71. The van der Waals surface area contributed by atoms with Gasteiger partial charge < -0.3 is 14.2 Å². The van der Waals surface area contributed by atoms with Crippen LogP contribution in [0.15, 0.2) is 12.1 Å². The molecule has 0 radical (unpaired) electrons. The van der Waals surface area contributed by atoms with Gasteiger partial charge in [0.2, 0.25) is 0 Å². The molecule has 0 saturated carbocycles. The molecule has 0 amide bonds. The average molecular weight is 224 g/mol. The molecule has 16 heavy (non-hydrogen) atoms. The number of carbonyl (C=O) groups excluding carboxylic acids is 1. The van der Waals surface area contributed by atoms with Crippen molar-refractivity contribution < 1.29 is 19.0 Å². The van der Waals surface area contributed by atoms with Gasteiger partial charge in [-0.05, 0) is 0 Å². The molecule has 4 nitrogen and oxygen atoms in total. The van der Waals surface area contributed by atoms with Gasteiger partial charge in [0.25, 0.3) is 0 Å². The first kappa shape index (κ1) is 12.4. The van der Waals surface area contributed by atoms with E-state index in [1.54, 1.807) is 26.2 Å². The lowest BCUT2D eigenvalue weighted by Gasteiger charge is -2.13. The second-order valence-corrected chi connectivity index (χ2v) is 3.18. The first-order valence-corrected chi connectivity index (χ1v) is 5.01. The molecule has 1 aromatic carbocycles. The van der Waals surface area contributed by atoms with Crippen LogP contribution in [0, 0.1) is 0 Å². The maximum absolute atomic E-state index is 11.8. The van der Waals surface area contributed by atoms with Crippen LogP contribution in [0.1, 0.15) is 23.7 Å². The van der Waals surface area contributed by atoms with Gasteiger partial charge in [-0.2, -0.15) is 0 Å². The molecule has 0 aromatic heterocycles. The summed E-state index contributed by atoms with van der Waals surface area (Å²) < 4.78 is 15.4. The third-order valence-corrected chi connectivity index (χ3v) is 2.31. The maximum Gasteiger partial charge on any atom is 0.170 e. The molecule has 0 spiro atoms. The van der Waals surface area contributed by atoms with Crippen LogP contribution in [-0.2, 0) is 0 Å². The molecule has 0 fully saturated rings. The Labute approximate surface area is 95.1 Å². The number of hydrogen-bond acceptors (Lipinski definition) is 4. The summed E-state index contributed by atoms with van der Waals surface area (Å²) >= 11 is 0. The van der Waals surface area contributed by atoms with Crippen LogP contribution in [0.5, 0.6) is 17.2 Å². The molecule has 0 heterocycles. The first-order valence-electron chi connectivity index (χ1n) is 5.01. The molecule has 0 bridgehead atoms. The van der Waals surface area contributed by atoms with Gasteiger partial charge in [-0.3, -0.25) is 4.79 Å². The van der Waals surface area contributed by atoms with Crippen molar-refractivity contribution in [1.82, 2.24) is 0 Å². The van der Waals surface area contributed by atoms with Crippen LogP contribution in [0.2, 0.25) is 0 Å². The third-order valence-electron chi connectivity index (χ3n) is 2.31. The monoisotopic (exact) mass is 224 g/mol. The van der Waals surface area contributed by atoms with E-state index < -0.39 is 0 Å². The molecule has 88 valence electrons. The Bertz CT molecular complexity index is 360.